The van der Waals surface area contributed by atoms with E-state index < -0.39 is 17.6 Å². The first-order valence-corrected chi connectivity index (χ1v) is 12.0. The predicted octanol–water partition coefficient (Wildman–Crippen LogP) is 4.79. The van der Waals surface area contributed by atoms with Crippen molar-refractivity contribution in [1.29, 1.82) is 0 Å². The average Bonchev–Trinajstić information content (AvgIpc) is 2.83. The van der Waals surface area contributed by atoms with Gasteiger partial charge in [0.1, 0.15) is 0 Å². The van der Waals surface area contributed by atoms with E-state index in [1.165, 1.54) is 19.1 Å². The van der Waals surface area contributed by atoms with Crippen molar-refractivity contribution in [2.75, 3.05) is 5.32 Å². The number of hydrogen-bond acceptors (Lipinski definition) is 6. The number of hydrogen-bond donors (Lipinski definition) is 4. The van der Waals surface area contributed by atoms with Gasteiger partial charge in [0.05, 0.1) is 27.8 Å². The molecular weight excluding hydrogens is 471 g/mol. The van der Waals surface area contributed by atoms with Crippen LogP contribution in [0.2, 0.25) is 5.02 Å². The van der Waals surface area contributed by atoms with E-state index in [-0.39, 0.29) is 28.8 Å². The van der Waals surface area contributed by atoms with Crippen molar-refractivity contribution in [3.8, 4) is 16.9 Å². The van der Waals surface area contributed by atoms with Crippen LogP contribution in [0.3, 0.4) is 0 Å². The molecule has 1 amide bonds. The number of aromatic hydroxyl groups is 1. The molecule has 5 N–H and O–H groups in total. The number of aromatic nitrogens is 1. The van der Waals surface area contributed by atoms with Crippen molar-refractivity contribution in [2.45, 2.75) is 57.7 Å². The Balaban J connectivity index is 1.65. The Morgan fingerprint density at radius 3 is 2.46 bits per heavy atom. The number of anilines is 1. The molecule has 1 aliphatic carbocycles. The second-order valence-corrected chi connectivity index (χ2v) is 9.52. The number of rotatable bonds is 6. The number of Topliss-reactive ketones (excluding diaryl/α,β-unsaturated/α-hetero) is 1. The Hall–Kier alpha value is -3.23. The van der Waals surface area contributed by atoms with Gasteiger partial charge in [-0.3, -0.25) is 14.6 Å². The Morgan fingerprint density at radius 2 is 1.83 bits per heavy atom. The van der Waals surface area contributed by atoms with Crippen LogP contribution in [-0.2, 0) is 4.79 Å². The van der Waals surface area contributed by atoms with Crippen LogP contribution in [0.4, 0.5) is 10.1 Å². The fourth-order valence-electron chi connectivity index (χ4n) is 4.45. The van der Waals surface area contributed by atoms with Gasteiger partial charge in [-0.2, -0.15) is 0 Å². The van der Waals surface area contributed by atoms with Gasteiger partial charge in [0.2, 0.25) is 5.91 Å². The van der Waals surface area contributed by atoms with Crippen molar-refractivity contribution in [1.82, 2.24) is 10.3 Å². The molecule has 184 valence electrons. The summed E-state index contributed by atoms with van der Waals surface area (Å²) >= 11 is 5.98. The first kappa shape index (κ1) is 24.9. The molecule has 3 aromatic rings. The van der Waals surface area contributed by atoms with Crippen LogP contribution in [0.15, 0.2) is 36.5 Å². The summed E-state index contributed by atoms with van der Waals surface area (Å²) < 4.78 is 14.1. The number of nitrogens with zero attached hydrogens (tertiary/aromatic N) is 1. The summed E-state index contributed by atoms with van der Waals surface area (Å²) in [4.78, 5) is 28.8. The van der Waals surface area contributed by atoms with Gasteiger partial charge in [-0.15, -0.1) is 0 Å². The number of carbonyl (C=O) groups is 2. The molecule has 0 bridgehead atoms. The molecule has 1 fully saturated rings. The summed E-state index contributed by atoms with van der Waals surface area (Å²) in [5.74, 6) is -1.68. The van der Waals surface area contributed by atoms with Crippen LogP contribution < -0.4 is 16.4 Å². The number of nitrogens with two attached hydrogens (primary N) is 1. The van der Waals surface area contributed by atoms with Crippen LogP contribution in [0.5, 0.6) is 5.75 Å². The SMILES string of the molecule is CC(=O)c1cnc2ccc(-c3cc(F)c(O)c(Cl)c3)cc2c1NC1CCC(NC(=O)C(C)N)CC1. The smallest absolute Gasteiger partial charge is 0.236 e. The highest BCUT2D eigenvalue weighted by Crippen LogP contribution is 2.36. The molecule has 35 heavy (non-hydrogen) atoms. The van der Waals surface area contributed by atoms with E-state index in [1.807, 2.05) is 6.07 Å². The number of phenolic OH excluding ortho intramolecular Hbond substituents is 1. The second kappa shape index (κ2) is 10.2. The lowest BCUT2D eigenvalue weighted by Crippen LogP contribution is -2.46. The molecule has 1 unspecified atom stereocenters. The lowest BCUT2D eigenvalue weighted by Gasteiger charge is -2.31. The minimum Gasteiger partial charge on any atom is -0.504 e. The van der Waals surface area contributed by atoms with Gasteiger partial charge < -0.3 is 21.5 Å². The highest BCUT2D eigenvalue weighted by Gasteiger charge is 2.25. The minimum atomic E-state index is -0.811. The monoisotopic (exact) mass is 498 g/mol. The van der Waals surface area contributed by atoms with Gasteiger partial charge in [0.25, 0.3) is 0 Å². The number of benzene rings is 2. The fraction of sp³-hybridized carbons (Fsp3) is 0.346. The highest BCUT2D eigenvalue weighted by atomic mass is 35.5. The second-order valence-electron chi connectivity index (χ2n) is 9.11. The number of amides is 1. The number of ketones is 1. The van der Waals surface area contributed by atoms with Gasteiger partial charge in [-0.25, -0.2) is 4.39 Å². The third kappa shape index (κ3) is 5.39. The Kier molecular flexibility index (Phi) is 7.23. The molecule has 2 aromatic carbocycles. The maximum Gasteiger partial charge on any atom is 0.236 e. The van der Waals surface area contributed by atoms with Crippen LogP contribution >= 0.6 is 11.6 Å². The van der Waals surface area contributed by atoms with Gasteiger partial charge in [0, 0.05) is 23.7 Å². The molecule has 0 saturated heterocycles. The summed E-state index contributed by atoms with van der Waals surface area (Å²) in [5.41, 5.74) is 8.66. The van der Waals surface area contributed by atoms with Gasteiger partial charge in [-0.05, 0) is 74.9 Å². The van der Waals surface area contributed by atoms with Crippen LogP contribution in [0.1, 0.15) is 49.9 Å². The van der Waals surface area contributed by atoms with Crippen LogP contribution in [0, 0.1) is 5.82 Å². The Morgan fingerprint density at radius 1 is 1.14 bits per heavy atom. The van der Waals surface area contributed by atoms with Crippen molar-refractivity contribution in [3.05, 3.63) is 52.9 Å². The van der Waals surface area contributed by atoms with Crippen molar-refractivity contribution in [3.63, 3.8) is 0 Å². The zero-order valence-corrected chi connectivity index (χ0v) is 20.3. The van der Waals surface area contributed by atoms with E-state index in [0.717, 1.165) is 31.1 Å². The van der Waals surface area contributed by atoms with Crippen molar-refractivity contribution < 1.29 is 19.1 Å². The third-order valence-corrected chi connectivity index (χ3v) is 6.72. The van der Waals surface area contributed by atoms with E-state index in [0.29, 0.717) is 27.9 Å². The summed E-state index contributed by atoms with van der Waals surface area (Å²) in [6, 6.07) is 7.79. The van der Waals surface area contributed by atoms with E-state index in [4.69, 9.17) is 17.3 Å². The standard InChI is InChI=1S/C26H28ClFN4O3/c1-13(29)26(35)32-18-6-4-17(5-7-18)31-24-19-9-15(16-10-21(27)25(34)22(28)11-16)3-8-23(19)30-12-20(24)14(2)33/h3,8-13,17-18,34H,4-7,29H2,1-2H3,(H,30,31)(H,32,35). The molecule has 0 spiro atoms. The fourth-order valence-corrected chi connectivity index (χ4v) is 4.65. The van der Waals surface area contributed by atoms with Gasteiger partial charge >= 0.3 is 0 Å². The largest absolute Gasteiger partial charge is 0.504 e. The average molecular weight is 499 g/mol. The Bertz CT molecular complexity index is 1270. The number of pyridine rings is 1. The first-order valence-electron chi connectivity index (χ1n) is 11.6. The molecule has 1 atom stereocenters. The van der Waals surface area contributed by atoms with Gasteiger partial charge in [-0.1, -0.05) is 17.7 Å². The van der Waals surface area contributed by atoms with E-state index in [1.54, 1.807) is 25.3 Å². The molecule has 1 aliphatic rings. The molecule has 1 heterocycles. The summed E-state index contributed by atoms with van der Waals surface area (Å²) in [7, 11) is 0. The van der Waals surface area contributed by atoms with Crippen molar-refractivity contribution in [2.24, 2.45) is 5.73 Å². The number of fused-ring (bicyclic) bond motifs is 1. The number of nitrogens with one attached hydrogen (secondary N) is 2. The molecule has 0 aliphatic heterocycles. The molecule has 1 aromatic heterocycles. The van der Waals surface area contributed by atoms with E-state index >= 15 is 0 Å². The number of carbonyl (C=O) groups excluding carboxylic acids is 2. The molecule has 7 nitrogen and oxygen atoms in total. The number of phenols is 1. The predicted molar refractivity (Wildman–Crippen MR) is 135 cm³/mol. The lowest BCUT2D eigenvalue weighted by molar-refractivity contribution is -0.122. The van der Waals surface area contributed by atoms with Crippen LogP contribution in [-0.4, -0.2) is 39.9 Å². The molecule has 9 heteroatoms. The first-order chi connectivity index (χ1) is 16.6. The summed E-state index contributed by atoms with van der Waals surface area (Å²) in [5, 5.41) is 16.8. The molecule has 4 rings (SSSR count). The molecular formula is C26H28ClFN4O3. The third-order valence-electron chi connectivity index (χ3n) is 6.43. The van der Waals surface area contributed by atoms with E-state index in [9.17, 15) is 19.1 Å². The van der Waals surface area contributed by atoms with Gasteiger partial charge in [0.15, 0.2) is 17.3 Å². The summed E-state index contributed by atoms with van der Waals surface area (Å²) in [6.07, 6.45) is 4.78. The lowest BCUT2D eigenvalue weighted by atomic mass is 9.90. The number of halogens is 2. The maximum absolute atomic E-state index is 14.1. The zero-order chi connectivity index (χ0) is 25.3. The zero-order valence-electron chi connectivity index (χ0n) is 19.6. The van der Waals surface area contributed by atoms with Crippen LogP contribution in [0.25, 0.3) is 22.0 Å². The topological polar surface area (TPSA) is 117 Å². The highest BCUT2D eigenvalue weighted by molar-refractivity contribution is 6.32. The Labute approximate surface area is 207 Å². The van der Waals surface area contributed by atoms with E-state index in [2.05, 4.69) is 15.6 Å². The minimum absolute atomic E-state index is 0.0776. The quantitative estimate of drug-likeness (QED) is 0.363. The summed E-state index contributed by atoms with van der Waals surface area (Å²) in [6.45, 7) is 3.16. The molecule has 1 saturated carbocycles. The van der Waals surface area contributed by atoms with Crippen molar-refractivity contribution >= 4 is 39.9 Å². The molecule has 0 radical (unpaired) electrons. The maximum atomic E-state index is 14.1. The normalized spacial score (nSPS) is 18.8.